The third kappa shape index (κ3) is 3.73. The van der Waals surface area contributed by atoms with Crippen LogP contribution in [0.3, 0.4) is 0 Å². The van der Waals surface area contributed by atoms with Crippen molar-refractivity contribution in [2.75, 3.05) is 20.2 Å². The number of nitrogens with zero attached hydrogens (tertiary/aromatic N) is 1. The molecule has 0 amide bonds. The van der Waals surface area contributed by atoms with Crippen molar-refractivity contribution in [2.45, 2.75) is 23.8 Å². The second-order valence-electron chi connectivity index (χ2n) is 4.93. The number of sulfonamides is 1. The van der Waals surface area contributed by atoms with Gasteiger partial charge < -0.3 is 10.5 Å². The van der Waals surface area contributed by atoms with Gasteiger partial charge in [-0.1, -0.05) is 29.9 Å². The molecule has 1 aromatic rings. The van der Waals surface area contributed by atoms with E-state index in [0.29, 0.717) is 18.7 Å². The quantitative estimate of drug-likeness (QED) is 0.821. The maximum absolute atomic E-state index is 12.5. The number of benzene rings is 1. The minimum absolute atomic E-state index is 0.0460. The summed E-state index contributed by atoms with van der Waals surface area (Å²) in [4.78, 5) is 0.221. The summed E-state index contributed by atoms with van der Waals surface area (Å²) in [6.07, 6.45) is 1.77. The van der Waals surface area contributed by atoms with Crippen LogP contribution in [0.15, 0.2) is 23.1 Å². The summed E-state index contributed by atoms with van der Waals surface area (Å²) >= 11 is 10.9. The first-order chi connectivity index (χ1) is 9.82. The number of hydrogen-bond acceptors (Lipinski definition) is 4. The monoisotopic (exact) mass is 348 g/mol. The van der Waals surface area contributed by atoms with Gasteiger partial charge in [-0.2, -0.15) is 4.31 Å². The first-order valence-electron chi connectivity index (χ1n) is 6.49. The van der Waals surface area contributed by atoms with E-state index in [1.807, 2.05) is 0 Å². The van der Waals surface area contributed by atoms with Gasteiger partial charge in [-0.25, -0.2) is 8.42 Å². The van der Waals surface area contributed by atoms with Gasteiger partial charge >= 0.3 is 0 Å². The summed E-state index contributed by atoms with van der Waals surface area (Å²) in [7, 11) is -2.14. The lowest BCUT2D eigenvalue weighted by Gasteiger charge is -2.21. The lowest BCUT2D eigenvalue weighted by Crippen LogP contribution is -2.34. The van der Waals surface area contributed by atoms with Crippen molar-refractivity contribution in [3.8, 4) is 0 Å². The fourth-order valence-corrected chi connectivity index (χ4v) is 4.05. The zero-order chi connectivity index (χ0) is 15.6. The first-order valence-corrected chi connectivity index (χ1v) is 8.72. The van der Waals surface area contributed by atoms with Crippen molar-refractivity contribution in [3.63, 3.8) is 0 Å². The Kier molecular flexibility index (Phi) is 5.21. The highest BCUT2D eigenvalue weighted by atomic mass is 35.5. The molecule has 1 unspecified atom stereocenters. The Morgan fingerprint density at radius 2 is 2.29 bits per heavy atom. The fraction of sp³-hybridized carbons (Fsp3) is 0.462. The van der Waals surface area contributed by atoms with Gasteiger partial charge in [-0.15, -0.1) is 0 Å². The average Bonchev–Trinajstić information content (AvgIpc) is 2.90. The Labute approximate surface area is 135 Å². The minimum atomic E-state index is -3.66. The second-order valence-corrected chi connectivity index (χ2v) is 7.79. The van der Waals surface area contributed by atoms with Crippen LogP contribution >= 0.6 is 23.8 Å². The van der Waals surface area contributed by atoms with Crippen LogP contribution in [0.2, 0.25) is 5.02 Å². The van der Waals surface area contributed by atoms with Crippen molar-refractivity contribution in [1.82, 2.24) is 4.31 Å². The molecule has 0 aliphatic carbocycles. The van der Waals surface area contributed by atoms with Crippen LogP contribution < -0.4 is 5.73 Å². The maximum atomic E-state index is 12.5. The van der Waals surface area contributed by atoms with Crippen molar-refractivity contribution < 1.29 is 13.2 Å². The highest BCUT2D eigenvalue weighted by Crippen LogP contribution is 2.26. The van der Waals surface area contributed by atoms with Crippen LogP contribution in [0.25, 0.3) is 0 Å². The Morgan fingerprint density at radius 1 is 1.57 bits per heavy atom. The van der Waals surface area contributed by atoms with Crippen LogP contribution in [0.4, 0.5) is 0 Å². The smallest absolute Gasteiger partial charge is 0.244 e. The molecule has 0 bridgehead atoms. The Hall–Kier alpha value is -0.730. The summed E-state index contributed by atoms with van der Waals surface area (Å²) in [5.74, 6) is 0. The normalized spacial score (nSPS) is 19.1. The van der Waals surface area contributed by atoms with Gasteiger partial charge in [0.25, 0.3) is 0 Å². The van der Waals surface area contributed by atoms with Crippen molar-refractivity contribution in [1.29, 1.82) is 0 Å². The molecule has 1 fully saturated rings. The molecule has 1 aliphatic heterocycles. The highest BCUT2D eigenvalue weighted by molar-refractivity contribution is 7.89. The SMILES string of the molecule is CN(CC1CCCO1)S(=O)(=O)c1ccc(C(N)=S)cc1Cl. The second kappa shape index (κ2) is 6.58. The molecule has 0 saturated carbocycles. The lowest BCUT2D eigenvalue weighted by molar-refractivity contribution is 0.0979. The summed E-state index contributed by atoms with van der Waals surface area (Å²) in [5.41, 5.74) is 6.04. The molecule has 0 spiro atoms. The summed E-state index contributed by atoms with van der Waals surface area (Å²) < 4.78 is 31.8. The molecule has 0 aromatic heterocycles. The standard InChI is InChI=1S/C13H17ClN2O3S2/c1-16(8-10-3-2-6-19-10)21(17,18)12-5-4-9(13(15)20)7-11(12)14/h4-5,7,10H,2-3,6,8H2,1H3,(H2,15,20). The number of rotatable bonds is 5. The summed E-state index contributed by atoms with van der Waals surface area (Å²) in [5, 5.41) is 0.111. The van der Waals surface area contributed by atoms with Crippen LogP contribution in [-0.4, -0.2) is 44.0 Å². The van der Waals surface area contributed by atoms with E-state index in [4.69, 9.17) is 34.3 Å². The molecule has 1 aromatic carbocycles. The number of hydrogen-bond donors (Lipinski definition) is 1. The minimum Gasteiger partial charge on any atom is -0.389 e. The molecule has 2 N–H and O–H groups in total. The van der Waals surface area contributed by atoms with Gasteiger partial charge in [-0.05, 0) is 25.0 Å². The maximum Gasteiger partial charge on any atom is 0.244 e. The Morgan fingerprint density at radius 3 is 2.81 bits per heavy atom. The first kappa shape index (κ1) is 16.6. The lowest BCUT2D eigenvalue weighted by atomic mass is 10.2. The summed E-state index contributed by atoms with van der Waals surface area (Å²) in [6, 6.07) is 4.45. The van der Waals surface area contributed by atoms with E-state index >= 15 is 0 Å². The zero-order valence-electron chi connectivity index (χ0n) is 11.6. The molecule has 0 radical (unpaired) electrons. The molecule has 8 heteroatoms. The van der Waals surface area contributed by atoms with Gasteiger partial charge in [0.05, 0.1) is 11.1 Å². The van der Waals surface area contributed by atoms with E-state index in [0.717, 1.165) is 12.8 Å². The third-order valence-electron chi connectivity index (χ3n) is 3.39. The molecule has 1 atom stereocenters. The van der Waals surface area contributed by atoms with E-state index in [2.05, 4.69) is 0 Å². The molecule has 5 nitrogen and oxygen atoms in total. The Bertz CT molecular complexity index is 643. The van der Waals surface area contributed by atoms with Gasteiger partial charge in [0, 0.05) is 25.8 Å². The predicted molar refractivity (Wildman–Crippen MR) is 86.1 cm³/mol. The van der Waals surface area contributed by atoms with Crippen LogP contribution in [0.1, 0.15) is 18.4 Å². The molecule has 116 valence electrons. The molecule has 21 heavy (non-hydrogen) atoms. The van der Waals surface area contributed by atoms with Crippen molar-refractivity contribution >= 4 is 38.8 Å². The molecule has 2 rings (SSSR count). The predicted octanol–water partition coefficient (Wildman–Crippen LogP) is 1.77. The molecule has 1 heterocycles. The molecular formula is C13H17ClN2O3S2. The number of halogens is 1. The zero-order valence-corrected chi connectivity index (χ0v) is 14.0. The van der Waals surface area contributed by atoms with Crippen LogP contribution in [-0.2, 0) is 14.8 Å². The van der Waals surface area contributed by atoms with Crippen LogP contribution in [0, 0.1) is 0 Å². The van der Waals surface area contributed by atoms with Gasteiger partial charge in [0.1, 0.15) is 9.88 Å². The Balaban J connectivity index is 2.23. The van der Waals surface area contributed by atoms with E-state index in [1.165, 1.54) is 23.5 Å². The summed E-state index contributed by atoms with van der Waals surface area (Å²) in [6.45, 7) is 0.998. The van der Waals surface area contributed by atoms with Crippen molar-refractivity contribution in [3.05, 3.63) is 28.8 Å². The molecular weight excluding hydrogens is 332 g/mol. The third-order valence-corrected chi connectivity index (χ3v) is 5.93. The number of ether oxygens (including phenoxy) is 1. The number of likely N-dealkylation sites (N-methyl/N-ethyl adjacent to an activating group) is 1. The van der Waals surface area contributed by atoms with Gasteiger partial charge in [0.2, 0.25) is 10.0 Å². The number of nitrogens with two attached hydrogens (primary N) is 1. The largest absolute Gasteiger partial charge is 0.389 e. The van der Waals surface area contributed by atoms with E-state index in [9.17, 15) is 8.42 Å². The van der Waals surface area contributed by atoms with E-state index in [1.54, 1.807) is 6.07 Å². The van der Waals surface area contributed by atoms with Gasteiger partial charge in [-0.3, -0.25) is 0 Å². The van der Waals surface area contributed by atoms with Gasteiger partial charge in [0.15, 0.2) is 0 Å². The highest BCUT2D eigenvalue weighted by Gasteiger charge is 2.27. The fourth-order valence-electron chi connectivity index (χ4n) is 2.20. The van der Waals surface area contributed by atoms with E-state index < -0.39 is 10.0 Å². The molecule has 1 aliphatic rings. The average molecular weight is 349 g/mol. The van der Waals surface area contributed by atoms with E-state index in [-0.39, 0.29) is 21.0 Å². The number of thiocarbonyl (C=S) groups is 1. The topological polar surface area (TPSA) is 72.6 Å². The molecule has 1 saturated heterocycles. The van der Waals surface area contributed by atoms with Crippen molar-refractivity contribution in [2.24, 2.45) is 5.73 Å². The van der Waals surface area contributed by atoms with Crippen LogP contribution in [0.5, 0.6) is 0 Å².